The molecule has 1 fully saturated rings. The molecule has 0 saturated heterocycles. The number of hydrogen-bond donors (Lipinski definition) is 1. The van der Waals surface area contributed by atoms with Crippen LogP contribution in [0, 0.1) is 11.8 Å². The van der Waals surface area contributed by atoms with Crippen LogP contribution in [0.5, 0.6) is 0 Å². The fourth-order valence-electron chi connectivity index (χ4n) is 1.79. The normalized spacial score (nSPS) is 28.8. The van der Waals surface area contributed by atoms with Crippen LogP contribution in [0.2, 0.25) is 0 Å². The molecule has 1 nitrogen and oxygen atoms in total. The molecule has 0 radical (unpaired) electrons. The van der Waals surface area contributed by atoms with Crippen LogP contribution in [0.1, 0.15) is 18.2 Å². The van der Waals surface area contributed by atoms with Gasteiger partial charge in [0.25, 0.3) is 0 Å². The second kappa shape index (κ2) is 3.71. The Morgan fingerprint density at radius 2 is 2.46 bits per heavy atom. The highest BCUT2D eigenvalue weighted by Crippen LogP contribution is 2.41. The molecule has 2 N–H and O–H groups in total. The molecule has 3 heteroatoms. The van der Waals surface area contributed by atoms with Gasteiger partial charge < -0.3 is 5.73 Å². The monoisotopic (exact) mass is 259 g/mol. The van der Waals surface area contributed by atoms with E-state index in [0.29, 0.717) is 6.04 Å². The maximum Gasteiger partial charge on any atom is 0.0285 e. The molecule has 0 aliphatic heterocycles. The van der Waals surface area contributed by atoms with Crippen LogP contribution in [0.25, 0.3) is 0 Å². The first-order chi connectivity index (χ1) is 6.16. The third kappa shape index (κ3) is 2.33. The number of halogens is 1. The van der Waals surface area contributed by atoms with Crippen LogP contribution in [-0.2, 0) is 6.42 Å². The second-order valence-electron chi connectivity index (χ2n) is 3.98. The zero-order valence-electron chi connectivity index (χ0n) is 7.66. The summed E-state index contributed by atoms with van der Waals surface area (Å²) < 4.78 is 1.18. The molecule has 1 aromatic rings. The van der Waals surface area contributed by atoms with Gasteiger partial charge in [0.15, 0.2) is 0 Å². The minimum absolute atomic E-state index is 0.376. The standard InChI is InChI=1S/C10H14BrNS/c1-6-2-9(6)10(12)4-8-3-7(11)5-13-8/h3,5-6,9-10H,2,4,12H2,1H3. The Morgan fingerprint density at radius 1 is 1.77 bits per heavy atom. The Bertz CT molecular complexity index is 297. The van der Waals surface area contributed by atoms with Crippen LogP contribution in [0.15, 0.2) is 15.9 Å². The Labute approximate surface area is 91.5 Å². The van der Waals surface area contributed by atoms with Gasteiger partial charge >= 0.3 is 0 Å². The summed E-state index contributed by atoms with van der Waals surface area (Å²) in [6, 6.07) is 2.55. The zero-order chi connectivity index (χ0) is 9.42. The second-order valence-corrected chi connectivity index (χ2v) is 5.89. The molecular formula is C10H14BrNS. The van der Waals surface area contributed by atoms with E-state index in [2.05, 4.69) is 34.3 Å². The molecule has 1 saturated carbocycles. The summed E-state index contributed by atoms with van der Waals surface area (Å²) in [4.78, 5) is 1.40. The van der Waals surface area contributed by atoms with Crippen LogP contribution in [-0.4, -0.2) is 6.04 Å². The molecule has 0 bridgehead atoms. The highest BCUT2D eigenvalue weighted by molar-refractivity contribution is 9.10. The Kier molecular flexibility index (Phi) is 2.77. The maximum absolute atomic E-state index is 6.10. The lowest BCUT2D eigenvalue weighted by molar-refractivity contribution is 0.563. The number of rotatable bonds is 3. The van der Waals surface area contributed by atoms with Crippen LogP contribution < -0.4 is 5.73 Å². The average Bonchev–Trinajstić information content (AvgIpc) is 2.66. The minimum atomic E-state index is 0.376. The van der Waals surface area contributed by atoms with E-state index in [0.717, 1.165) is 18.3 Å². The smallest absolute Gasteiger partial charge is 0.0285 e. The van der Waals surface area contributed by atoms with E-state index in [1.807, 2.05) is 0 Å². The Hall–Kier alpha value is 0.140. The number of thiophene rings is 1. The number of hydrogen-bond acceptors (Lipinski definition) is 2. The van der Waals surface area contributed by atoms with Gasteiger partial charge in [-0.15, -0.1) is 11.3 Å². The molecule has 72 valence electrons. The van der Waals surface area contributed by atoms with E-state index in [4.69, 9.17) is 5.73 Å². The van der Waals surface area contributed by atoms with Gasteiger partial charge in [-0.1, -0.05) is 6.92 Å². The molecule has 2 rings (SSSR count). The third-order valence-corrected chi connectivity index (χ3v) is 4.50. The molecule has 3 atom stereocenters. The Morgan fingerprint density at radius 3 is 2.92 bits per heavy atom. The van der Waals surface area contributed by atoms with Gasteiger partial charge in [-0.2, -0.15) is 0 Å². The van der Waals surface area contributed by atoms with E-state index in [1.165, 1.54) is 15.8 Å². The van der Waals surface area contributed by atoms with E-state index in [-0.39, 0.29) is 0 Å². The lowest BCUT2D eigenvalue weighted by Gasteiger charge is -2.08. The van der Waals surface area contributed by atoms with Crippen LogP contribution >= 0.6 is 27.3 Å². The largest absolute Gasteiger partial charge is 0.327 e. The molecule has 13 heavy (non-hydrogen) atoms. The molecule has 0 spiro atoms. The van der Waals surface area contributed by atoms with Crippen molar-refractivity contribution in [2.75, 3.05) is 0 Å². The molecule has 1 aliphatic rings. The van der Waals surface area contributed by atoms with Gasteiger partial charge in [-0.3, -0.25) is 0 Å². The average molecular weight is 260 g/mol. The predicted molar refractivity (Wildman–Crippen MR) is 61.0 cm³/mol. The van der Waals surface area contributed by atoms with Crippen molar-refractivity contribution >= 4 is 27.3 Å². The van der Waals surface area contributed by atoms with Crippen molar-refractivity contribution in [3.05, 3.63) is 20.8 Å². The molecule has 1 aliphatic carbocycles. The molecule has 0 amide bonds. The van der Waals surface area contributed by atoms with Gasteiger partial charge in [-0.25, -0.2) is 0 Å². The summed E-state index contributed by atoms with van der Waals surface area (Å²) in [7, 11) is 0. The topological polar surface area (TPSA) is 26.0 Å². The van der Waals surface area contributed by atoms with Gasteiger partial charge in [0.05, 0.1) is 0 Å². The van der Waals surface area contributed by atoms with Crippen LogP contribution in [0.3, 0.4) is 0 Å². The SMILES string of the molecule is CC1CC1C(N)Cc1cc(Br)cs1. The van der Waals surface area contributed by atoms with E-state index < -0.39 is 0 Å². The third-order valence-electron chi connectivity index (χ3n) is 2.78. The fourth-order valence-corrected chi connectivity index (χ4v) is 3.32. The molecule has 1 aromatic heterocycles. The van der Waals surface area contributed by atoms with Gasteiger partial charge in [-0.05, 0) is 46.7 Å². The van der Waals surface area contributed by atoms with Crippen molar-refractivity contribution in [2.24, 2.45) is 17.6 Å². The first-order valence-corrected chi connectivity index (χ1v) is 6.32. The summed E-state index contributed by atoms with van der Waals surface area (Å²) in [5.74, 6) is 1.64. The summed E-state index contributed by atoms with van der Waals surface area (Å²) in [5.41, 5.74) is 6.10. The number of nitrogens with two attached hydrogens (primary N) is 1. The van der Waals surface area contributed by atoms with Crippen molar-refractivity contribution in [3.8, 4) is 0 Å². The maximum atomic E-state index is 6.10. The highest BCUT2D eigenvalue weighted by atomic mass is 79.9. The van der Waals surface area contributed by atoms with Gasteiger partial charge in [0, 0.05) is 20.8 Å². The first kappa shape index (κ1) is 9.69. The first-order valence-electron chi connectivity index (χ1n) is 4.65. The predicted octanol–water partition coefficient (Wildman–Crippen LogP) is 3.04. The highest BCUT2D eigenvalue weighted by Gasteiger charge is 2.37. The van der Waals surface area contributed by atoms with Crippen molar-refractivity contribution in [1.29, 1.82) is 0 Å². The summed E-state index contributed by atoms with van der Waals surface area (Å²) in [6.07, 6.45) is 2.37. The van der Waals surface area contributed by atoms with Crippen molar-refractivity contribution in [3.63, 3.8) is 0 Å². The van der Waals surface area contributed by atoms with Gasteiger partial charge in [0.2, 0.25) is 0 Å². The summed E-state index contributed by atoms with van der Waals surface area (Å²) >= 11 is 5.25. The fraction of sp³-hybridized carbons (Fsp3) is 0.600. The van der Waals surface area contributed by atoms with Crippen molar-refractivity contribution in [1.82, 2.24) is 0 Å². The Balaban J connectivity index is 1.91. The van der Waals surface area contributed by atoms with Crippen molar-refractivity contribution < 1.29 is 0 Å². The summed E-state index contributed by atoms with van der Waals surface area (Å²) in [5, 5.41) is 2.12. The quantitative estimate of drug-likeness (QED) is 0.888. The summed E-state index contributed by atoms with van der Waals surface area (Å²) in [6.45, 7) is 2.29. The van der Waals surface area contributed by atoms with E-state index in [9.17, 15) is 0 Å². The molecule has 1 heterocycles. The minimum Gasteiger partial charge on any atom is -0.327 e. The lowest BCUT2D eigenvalue weighted by atomic mass is 10.1. The van der Waals surface area contributed by atoms with E-state index in [1.54, 1.807) is 11.3 Å². The zero-order valence-corrected chi connectivity index (χ0v) is 10.1. The molecule has 3 unspecified atom stereocenters. The van der Waals surface area contributed by atoms with E-state index >= 15 is 0 Å². The van der Waals surface area contributed by atoms with Crippen LogP contribution in [0.4, 0.5) is 0 Å². The van der Waals surface area contributed by atoms with Gasteiger partial charge in [0.1, 0.15) is 0 Å². The van der Waals surface area contributed by atoms with Crippen molar-refractivity contribution in [2.45, 2.75) is 25.8 Å². The lowest BCUT2D eigenvalue weighted by Crippen LogP contribution is -2.25. The molecular weight excluding hydrogens is 246 g/mol. The molecule has 0 aromatic carbocycles.